The molecule has 156 valence electrons. The van der Waals surface area contributed by atoms with Gasteiger partial charge >= 0.3 is 0 Å². The molecule has 2 aliphatic rings. The Kier molecular flexibility index (Phi) is 6.06. The predicted molar refractivity (Wildman–Crippen MR) is 107 cm³/mol. The lowest BCUT2D eigenvalue weighted by atomic mass is 10.1. The van der Waals surface area contributed by atoms with E-state index >= 15 is 0 Å². The van der Waals surface area contributed by atoms with Crippen molar-refractivity contribution in [1.29, 1.82) is 0 Å². The van der Waals surface area contributed by atoms with E-state index in [0.29, 0.717) is 25.5 Å². The zero-order valence-electron chi connectivity index (χ0n) is 17.0. The molecule has 1 amide bonds. The number of amides is 1. The maximum absolute atomic E-state index is 12.8. The summed E-state index contributed by atoms with van der Waals surface area (Å²) in [5.74, 6) is 2.44. The van der Waals surface area contributed by atoms with Crippen LogP contribution >= 0.6 is 0 Å². The molecule has 29 heavy (non-hydrogen) atoms. The van der Waals surface area contributed by atoms with Gasteiger partial charge in [0.1, 0.15) is 5.76 Å². The fourth-order valence-electron chi connectivity index (χ4n) is 3.63. The summed E-state index contributed by atoms with van der Waals surface area (Å²) in [5, 5.41) is 3.03. The highest BCUT2D eigenvalue weighted by atomic mass is 16.5. The van der Waals surface area contributed by atoms with Gasteiger partial charge < -0.3 is 23.9 Å². The van der Waals surface area contributed by atoms with E-state index in [9.17, 15) is 4.79 Å². The van der Waals surface area contributed by atoms with Crippen LogP contribution in [0.3, 0.4) is 0 Å². The van der Waals surface area contributed by atoms with Crippen LogP contribution in [-0.2, 0) is 11.3 Å². The van der Waals surface area contributed by atoms with Gasteiger partial charge in [-0.1, -0.05) is 6.07 Å². The molecule has 1 aromatic heterocycles. The maximum Gasteiger partial charge on any atom is 0.287 e. The van der Waals surface area contributed by atoms with Crippen LogP contribution in [0, 0.1) is 6.92 Å². The molecule has 1 atom stereocenters. The highest BCUT2D eigenvalue weighted by Gasteiger charge is 2.21. The summed E-state index contributed by atoms with van der Waals surface area (Å²) in [5.41, 5.74) is 1.80. The van der Waals surface area contributed by atoms with Gasteiger partial charge in [-0.05, 0) is 37.6 Å². The number of carbonyl (C=O) groups is 1. The molecule has 1 saturated heterocycles. The number of morpholine rings is 1. The Morgan fingerprint density at radius 1 is 1.10 bits per heavy atom. The molecule has 0 aliphatic carbocycles. The van der Waals surface area contributed by atoms with Crippen LogP contribution in [-0.4, -0.2) is 50.3 Å². The van der Waals surface area contributed by atoms with Gasteiger partial charge in [0.25, 0.3) is 5.91 Å². The Labute approximate surface area is 170 Å². The Morgan fingerprint density at radius 3 is 2.66 bits per heavy atom. The topological polar surface area (TPSA) is 73.2 Å². The standard InChI is InChI=1S/C22H28N2O5/c1-15-12-18(14-24-6-10-26-11-7-24)29-21(15)22(25)23-16(2)17-4-5-19-20(13-17)28-9-3-8-27-19/h4-5,12-13,16H,3,6-11,14H2,1-2H3,(H,23,25). The van der Waals surface area contributed by atoms with Crippen molar-refractivity contribution in [3.8, 4) is 11.5 Å². The minimum absolute atomic E-state index is 0.188. The van der Waals surface area contributed by atoms with Crippen molar-refractivity contribution >= 4 is 5.91 Å². The number of carbonyl (C=O) groups excluding carboxylic acids is 1. The molecule has 0 bridgehead atoms. The highest BCUT2D eigenvalue weighted by molar-refractivity contribution is 5.93. The van der Waals surface area contributed by atoms with E-state index in [1.807, 2.05) is 38.1 Å². The van der Waals surface area contributed by atoms with Crippen LogP contribution in [0.25, 0.3) is 0 Å². The summed E-state index contributed by atoms with van der Waals surface area (Å²) in [4.78, 5) is 15.1. The molecule has 1 aromatic carbocycles. The summed E-state index contributed by atoms with van der Waals surface area (Å²) in [6.07, 6.45) is 0.862. The minimum Gasteiger partial charge on any atom is -0.490 e. The average Bonchev–Trinajstić information content (AvgIpc) is 2.94. The number of nitrogens with zero attached hydrogens (tertiary/aromatic N) is 1. The van der Waals surface area contributed by atoms with E-state index < -0.39 is 0 Å². The second-order valence-corrected chi connectivity index (χ2v) is 7.57. The van der Waals surface area contributed by atoms with Gasteiger partial charge in [-0.25, -0.2) is 0 Å². The van der Waals surface area contributed by atoms with Gasteiger partial charge in [-0.2, -0.15) is 0 Å². The van der Waals surface area contributed by atoms with Crippen LogP contribution < -0.4 is 14.8 Å². The number of rotatable bonds is 5. The largest absolute Gasteiger partial charge is 0.490 e. The number of nitrogens with one attached hydrogen (secondary N) is 1. The molecule has 1 N–H and O–H groups in total. The first-order valence-corrected chi connectivity index (χ1v) is 10.2. The van der Waals surface area contributed by atoms with E-state index in [0.717, 1.165) is 61.1 Å². The summed E-state index contributed by atoms with van der Waals surface area (Å²) < 4.78 is 22.7. The zero-order valence-corrected chi connectivity index (χ0v) is 17.0. The summed E-state index contributed by atoms with van der Waals surface area (Å²) >= 11 is 0. The molecular weight excluding hydrogens is 372 g/mol. The van der Waals surface area contributed by atoms with Gasteiger partial charge in [-0.15, -0.1) is 0 Å². The third-order valence-electron chi connectivity index (χ3n) is 5.28. The number of ether oxygens (including phenoxy) is 3. The molecule has 0 spiro atoms. The van der Waals surface area contributed by atoms with Crippen LogP contribution in [0.4, 0.5) is 0 Å². The number of hydrogen-bond donors (Lipinski definition) is 1. The molecule has 1 unspecified atom stereocenters. The summed E-state index contributed by atoms with van der Waals surface area (Å²) in [6, 6.07) is 7.55. The zero-order chi connectivity index (χ0) is 20.2. The lowest BCUT2D eigenvalue weighted by Crippen LogP contribution is -2.35. The number of benzene rings is 1. The lowest BCUT2D eigenvalue weighted by Gasteiger charge is -2.25. The van der Waals surface area contributed by atoms with Crippen molar-refractivity contribution in [1.82, 2.24) is 10.2 Å². The second-order valence-electron chi connectivity index (χ2n) is 7.57. The predicted octanol–water partition coefficient (Wildman–Crippen LogP) is 3.07. The smallest absolute Gasteiger partial charge is 0.287 e. The molecule has 4 rings (SSSR count). The third-order valence-corrected chi connectivity index (χ3v) is 5.28. The monoisotopic (exact) mass is 400 g/mol. The van der Waals surface area contributed by atoms with Gasteiger partial charge in [0.2, 0.25) is 0 Å². The van der Waals surface area contributed by atoms with Crippen LogP contribution in [0.5, 0.6) is 11.5 Å². The molecule has 2 aromatic rings. The van der Waals surface area contributed by atoms with Crippen molar-refractivity contribution < 1.29 is 23.4 Å². The minimum atomic E-state index is -0.213. The number of furan rings is 1. The molecule has 1 fully saturated rings. The molecule has 3 heterocycles. The Bertz CT molecular complexity index is 857. The third kappa shape index (κ3) is 4.74. The average molecular weight is 400 g/mol. The van der Waals surface area contributed by atoms with Crippen molar-refractivity contribution in [2.75, 3.05) is 39.5 Å². The van der Waals surface area contributed by atoms with E-state index in [-0.39, 0.29) is 11.9 Å². The van der Waals surface area contributed by atoms with Gasteiger partial charge in [0.15, 0.2) is 17.3 Å². The lowest BCUT2D eigenvalue weighted by molar-refractivity contribution is 0.0311. The Hall–Kier alpha value is -2.51. The van der Waals surface area contributed by atoms with Crippen LogP contribution in [0.15, 0.2) is 28.7 Å². The van der Waals surface area contributed by atoms with Gasteiger partial charge in [0.05, 0.1) is 39.0 Å². The first-order chi connectivity index (χ1) is 14.1. The van der Waals surface area contributed by atoms with Crippen molar-refractivity contribution in [2.24, 2.45) is 0 Å². The number of hydrogen-bond acceptors (Lipinski definition) is 6. The van der Waals surface area contributed by atoms with Crippen molar-refractivity contribution in [3.63, 3.8) is 0 Å². The number of aryl methyl sites for hydroxylation is 1. The Balaban J connectivity index is 1.41. The van der Waals surface area contributed by atoms with Gasteiger partial charge in [0, 0.05) is 25.1 Å². The maximum atomic E-state index is 12.8. The van der Waals surface area contributed by atoms with Crippen LogP contribution in [0.1, 0.15) is 46.8 Å². The van der Waals surface area contributed by atoms with Crippen molar-refractivity contribution in [3.05, 3.63) is 46.9 Å². The highest BCUT2D eigenvalue weighted by Crippen LogP contribution is 2.32. The fourth-order valence-corrected chi connectivity index (χ4v) is 3.63. The molecule has 0 radical (unpaired) electrons. The fraction of sp³-hybridized carbons (Fsp3) is 0.500. The summed E-state index contributed by atoms with van der Waals surface area (Å²) in [7, 11) is 0. The quantitative estimate of drug-likeness (QED) is 0.832. The Morgan fingerprint density at radius 2 is 1.86 bits per heavy atom. The van der Waals surface area contributed by atoms with Crippen molar-refractivity contribution in [2.45, 2.75) is 32.9 Å². The summed E-state index contributed by atoms with van der Waals surface area (Å²) in [6.45, 7) is 9.06. The van der Waals surface area contributed by atoms with E-state index in [1.165, 1.54) is 0 Å². The molecular formula is C22H28N2O5. The van der Waals surface area contributed by atoms with Crippen LogP contribution in [0.2, 0.25) is 0 Å². The van der Waals surface area contributed by atoms with E-state index in [1.54, 1.807) is 0 Å². The second kappa shape index (κ2) is 8.88. The normalized spacial score (nSPS) is 18.1. The van der Waals surface area contributed by atoms with Gasteiger partial charge in [-0.3, -0.25) is 9.69 Å². The molecule has 2 aliphatic heterocycles. The molecule has 0 saturated carbocycles. The van der Waals surface area contributed by atoms with E-state index in [2.05, 4.69) is 10.2 Å². The first kappa shape index (κ1) is 19.8. The molecule has 7 nitrogen and oxygen atoms in total. The number of fused-ring (bicyclic) bond motifs is 1. The first-order valence-electron chi connectivity index (χ1n) is 10.2. The SMILES string of the molecule is Cc1cc(CN2CCOCC2)oc1C(=O)NC(C)c1ccc2c(c1)OCCCO2. The molecule has 7 heteroatoms. The van der Waals surface area contributed by atoms with E-state index in [4.69, 9.17) is 18.6 Å².